The molecular weight excluding hydrogens is 390 g/mol. The summed E-state index contributed by atoms with van der Waals surface area (Å²) in [7, 11) is -3.10. The molecule has 7 nitrogen and oxygen atoms in total. The lowest BCUT2D eigenvalue weighted by Gasteiger charge is -2.11. The first kappa shape index (κ1) is 20.7. The number of carbonyl (C=O) groups excluding carboxylic acids is 1. The number of Topliss-reactive ketones (excluding diaryl/α,β-unsaturated/α-hetero) is 1. The minimum absolute atomic E-state index is 0.00306. The number of benzene rings is 1. The molecule has 152 valence electrons. The summed E-state index contributed by atoms with van der Waals surface area (Å²) in [5, 5.41) is 6.76. The van der Waals surface area contributed by atoms with Crippen LogP contribution in [0.4, 0.5) is 0 Å². The number of pyridine rings is 1. The lowest BCUT2D eigenvalue weighted by atomic mass is 10.00. The summed E-state index contributed by atoms with van der Waals surface area (Å²) in [6.45, 7) is 2.07. The van der Waals surface area contributed by atoms with Crippen LogP contribution in [0.2, 0.25) is 0 Å². The van der Waals surface area contributed by atoms with Gasteiger partial charge in [-0.3, -0.25) is 14.9 Å². The van der Waals surface area contributed by atoms with E-state index in [1.54, 1.807) is 37.5 Å². The zero-order valence-electron chi connectivity index (χ0n) is 16.3. The van der Waals surface area contributed by atoms with E-state index in [0.717, 1.165) is 17.0 Å². The van der Waals surface area contributed by atoms with Gasteiger partial charge in [0.25, 0.3) is 0 Å². The Kier molecular flexibility index (Phi) is 6.43. The third kappa shape index (κ3) is 6.25. The molecule has 0 saturated carbocycles. The van der Waals surface area contributed by atoms with Crippen LogP contribution in [0.25, 0.3) is 11.4 Å². The van der Waals surface area contributed by atoms with Crippen LogP contribution in [0.5, 0.6) is 5.75 Å². The Morgan fingerprint density at radius 3 is 2.69 bits per heavy atom. The number of ketones is 1. The number of hydrogen-bond donors (Lipinski definition) is 1. The molecule has 1 atom stereocenters. The van der Waals surface area contributed by atoms with Gasteiger partial charge in [0.1, 0.15) is 22.2 Å². The molecule has 2 heterocycles. The highest BCUT2D eigenvalue weighted by atomic mass is 32.2. The maximum absolute atomic E-state index is 12.5. The second-order valence-electron chi connectivity index (χ2n) is 7.16. The molecule has 1 N–H and O–H groups in total. The Labute approximate surface area is 170 Å². The maximum Gasteiger partial charge on any atom is 0.163 e. The quantitative estimate of drug-likeness (QED) is 0.540. The normalized spacial score (nSPS) is 12.5. The fourth-order valence-electron chi connectivity index (χ4n) is 3.03. The third-order valence-corrected chi connectivity index (χ3v) is 5.46. The van der Waals surface area contributed by atoms with Crippen LogP contribution >= 0.6 is 0 Å². The minimum atomic E-state index is -3.10. The highest BCUT2D eigenvalue weighted by Gasteiger charge is 2.16. The summed E-state index contributed by atoms with van der Waals surface area (Å²) >= 11 is 0. The first-order valence-corrected chi connectivity index (χ1v) is 11.2. The molecule has 1 aromatic carbocycles. The number of sulfone groups is 1. The number of carbonyl (C=O) groups is 1. The van der Waals surface area contributed by atoms with Gasteiger partial charge in [-0.05, 0) is 35.7 Å². The molecule has 0 spiro atoms. The number of H-pyrrole nitrogens is 1. The van der Waals surface area contributed by atoms with Gasteiger partial charge >= 0.3 is 0 Å². The van der Waals surface area contributed by atoms with Crippen LogP contribution in [0.1, 0.15) is 29.3 Å². The Balaban J connectivity index is 1.59. The second-order valence-corrected chi connectivity index (χ2v) is 9.35. The largest absolute Gasteiger partial charge is 0.487 e. The van der Waals surface area contributed by atoms with E-state index in [0.29, 0.717) is 17.9 Å². The van der Waals surface area contributed by atoms with Crippen molar-refractivity contribution in [1.29, 1.82) is 0 Å². The Bertz CT molecular complexity index is 1060. The van der Waals surface area contributed by atoms with E-state index >= 15 is 0 Å². The fraction of sp³-hybridized carbons (Fsp3) is 0.286. The summed E-state index contributed by atoms with van der Waals surface area (Å²) in [6, 6.07) is 12.7. The van der Waals surface area contributed by atoms with E-state index in [9.17, 15) is 13.2 Å². The lowest BCUT2D eigenvalue weighted by Crippen LogP contribution is -2.16. The molecule has 2 aromatic heterocycles. The number of ether oxygens (including phenoxy) is 1. The van der Waals surface area contributed by atoms with E-state index in [2.05, 4.69) is 15.2 Å². The summed E-state index contributed by atoms with van der Waals surface area (Å²) in [4.78, 5) is 16.8. The molecule has 0 bridgehead atoms. The van der Waals surface area contributed by atoms with Crippen molar-refractivity contribution in [3.8, 4) is 17.1 Å². The molecule has 1 unspecified atom stereocenters. The van der Waals surface area contributed by atoms with Crippen molar-refractivity contribution in [3.63, 3.8) is 0 Å². The van der Waals surface area contributed by atoms with Crippen molar-refractivity contribution in [2.24, 2.45) is 5.92 Å². The van der Waals surface area contributed by atoms with Gasteiger partial charge in [-0.1, -0.05) is 25.1 Å². The lowest BCUT2D eigenvalue weighted by molar-refractivity contribution is 0.0968. The molecule has 3 aromatic rings. The molecular formula is C21H23N3O4S. The topological polar surface area (TPSA) is 102 Å². The fourth-order valence-corrected chi connectivity index (χ4v) is 4.19. The standard InChI is InChI=1S/C21H23N3O4S/c1-15(14-29(2,26)27)10-21(25)17-5-3-4-16(11-17)13-28-18-6-7-19(22-12-18)20-8-9-23-24-20/h3-9,11-12,15H,10,13-14H2,1-2H3,(H,23,24). The first-order valence-electron chi connectivity index (χ1n) is 9.18. The minimum Gasteiger partial charge on any atom is -0.487 e. The molecule has 8 heteroatoms. The third-order valence-electron chi connectivity index (χ3n) is 4.29. The van der Waals surface area contributed by atoms with Gasteiger partial charge in [-0.15, -0.1) is 0 Å². The summed E-state index contributed by atoms with van der Waals surface area (Å²) in [6.07, 6.45) is 4.67. The number of aromatic nitrogens is 3. The van der Waals surface area contributed by atoms with Crippen LogP contribution < -0.4 is 4.74 Å². The smallest absolute Gasteiger partial charge is 0.163 e. The molecule has 3 rings (SSSR count). The van der Waals surface area contributed by atoms with Crippen LogP contribution in [-0.2, 0) is 16.4 Å². The van der Waals surface area contributed by atoms with Gasteiger partial charge in [0.15, 0.2) is 5.78 Å². The molecule has 0 aliphatic rings. The van der Waals surface area contributed by atoms with Crippen molar-refractivity contribution < 1.29 is 17.9 Å². The van der Waals surface area contributed by atoms with Gasteiger partial charge in [0, 0.05) is 24.4 Å². The average molecular weight is 413 g/mol. The zero-order valence-corrected chi connectivity index (χ0v) is 17.1. The predicted octanol–water partition coefficient (Wildman–Crippen LogP) is 3.30. The Morgan fingerprint density at radius 1 is 1.21 bits per heavy atom. The van der Waals surface area contributed by atoms with Crippen molar-refractivity contribution in [2.75, 3.05) is 12.0 Å². The van der Waals surface area contributed by atoms with Gasteiger partial charge in [-0.2, -0.15) is 5.10 Å². The zero-order chi connectivity index (χ0) is 20.9. The van der Waals surface area contributed by atoms with Crippen LogP contribution in [0.15, 0.2) is 54.9 Å². The van der Waals surface area contributed by atoms with Gasteiger partial charge < -0.3 is 4.74 Å². The SMILES string of the molecule is CC(CC(=O)c1cccc(COc2ccc(-c3ccn[nH]3)nc2)c1)CS(C)(=O)=O. The molecule has 0 saturated heterocycles. The summed E-state index contributed by atoms with van der Waals surface area (Å²) < 4.78 is 28.5. The monoisotopic (exact) mass is 413 g/mol. The average Bonchev–Trinajstić information content (AvgIpc) is 3.20. The number of hydrogen-bond acceptors (Lipinski definition) is 6. The Morgan fingerprint density at radius 2 is 2.03 bits per heavy atom. The molecule has 0 aliphatic carbocycles. The van der Waals surface area contributed by atoms with Crippen molar-refractivity contribution in [1.82, 2.24) is 15.2 Å². The molecule has 0 radical (unpaired) electrons. The van der Waals surface area contributed by atoms with E-state index < -0.39 is 9.84 Å². The van der Waals surface area contributed by atoms with Crippen molar-refractivity contribution in [3.05, 3.63) is 66.0 Å². The first-order chi connectivity index (χ1) is 13.8. The van der Waals surface area contributed by atoms with Crippen LogP contribution in [-0.4, -0.2) is 41.4 Å². The van der Waals surface area contributed by atoms with Crippen molar-refractivity contribution >= 4 is 15.6 Å². The van der Waals surface area contributed by atoms with E-state index in [-0.39, 0.29) is 23.9 Å². The molecule has 29 heavy (non-hydrogen) atoms. The number of nitrogens with zero attached hydrogens (tertiary/aromatic N) is 2. The maximum atomic E-state index is 12.5. The Hall–Kier alpha value is -3.00. The summed E-state index contributed by atoms with van der Waals surface area (Å²) in [5.74, 6) is 0.320. The van der Waals surface area contributed by atoms with Crippen LogP contribution in [0, 0.1) is 5.92 Å². The second kappa shape index (κ2) is 9.00. The number of rotatable bonds is 9. The highest BCUT2D eigenvalue weighted by Crippen LogP contribution is 2.19. The van der Waals surface area contributed by atoms with E-state index in [1.165, 1.54) is 6.26 Å². The van der Waals surface area contributed by atoms with Gasteiger partial charge in [-0.25, -0.2) is 8.42 Å². The molecule has 0 aliphatic heterocycles. The van der Waals surface area contributed by atoms with Crippen LogP contribution in [0.3, 0.4) is 0 Å². The molecule has 0 fully saturated rings. The van der Waals surface area contributed by atoms with Gasteiger partial charge in [0.2, 0.25) is 0 Å². The van der Waals surface area contributed by atoms with E-state index in [1.807, 2.05) is 24.3 Å². The highest BCUT2D eigenvalue weighted by molar-refractivity contribution is 7.90. The number of aromatic amines is 1. The summed E-state index contributed by atoms with van der Waals surface area (Å²) in [5.41, 5.74) is 3.00. The predicted molar refractivity (Wildman–Crippen MR) is 110 cm³/mol. The van der Waals surface area contributed by atoms with Gasteiger partial charge in [0.05, 0.1) is 23.3 Å². The molecule has 0 amide bonds. The number of nitrogens with one attached hydrogen (secondary N) is 1. The van der Waals surface area contributed by atoms with Crippen molar-refractivity contribution in [2.45, 2.75) is 20.0 Å². The van der Waals surface area contributed by atoms with E-state index in [4.69, 9.17) is 4.74 Å².